The van der Waals surface area contributed by atoms with Gasteiger partial charge in [-0.1, -0.05) is 12.1 Å². The largest absolute Gasteiger partial charge is 0.373 e. The maximum Gasteiger partial charge on any atom is 0.150 e. The molecule has 68 valence electrons. The SMILES string of the molecule is CCOC1Cc2cc(C=O)ccc21. The van der Waals surface area contributed by atoms with E-state index in [1.165, 1.54) is 11.1 Å². The first-order chi connectivity index (χ1) is 6.35. The number of aldehydes is 1. The summed E-state index contributed by atoms with van der Waals surface area (Å²) in [4.78, 5) is 10.5. The molecule has 1 aliphatic carbocycles. The van der Waals surface area contributed by atoms with Crippen LogP contribution in [0.3, 0.4) is 0 Å². The van der Waals surface area contributed by atoms with Crippen molar-refractivity contribution in [2.24, 2.45) is 0 Å². The molecule has 13 heavy (non-hydrogen) atoms. The van der Waals surface area contributed by atoms with Crippen molar-refractivity contribution in [1.29, 1.82) is 0 Å². The van der Waals surface area contributed by atoms with Crippen molar-refractivity contribution in [3.63, 3.8) is 0 Å². The molecule has 0 N–H and O–H groups in total. The number of benzene rings is 1. The van der Waals surface area contributed by atoms with Gasteiger partial charge in [0.15, 0.2) is 0 Å². The number of carbonyl (C=O) groups is 1. The van der Waals surface area contributed by atoms with Gasteiger partial charge < -0.3 is 4.74 Å². The maximum atomic E-state index is 10.5. The van der Waals surface area contributed by atoms with E-state index in [2.05, 4.69) is 0 Å². The Morgan fingerprint density at radius 3 is 3.08 bits per heavy atom. The Balaban J connectivity index is 2.20. The van der Waals surface area contributed by atoms with Crippen molar-refractivity contribution in [2.45, 2.75) is 19.4 Å². The van der Waals surface area contributed by atoms with Gasteiger partial charge in [-0.3, -0.25) is 4.79 Å². The second-order valence-electron chi connectivity index (χ2n) is 3.22. The summed E-state index contributed by atoms with van der Waals surface area (Å²) < 4.78 is 5.49. The minimum atomic E-state index is 0.265. The number of hydrogen-bond donors (Lipinski definition) is 0. The Kier molecular flexibility index (Phi) is 2.15. The van der Waals surface area contributed by atoms with E-state index in [1.807, 2.05) is 25.1 Å². The van der Waals surface area contributed by atoms with Gasteiger partial charge in [0.2, 0.25) is 0 Å². The molecule has 1 aromatic rings. The summed E-state index contributed by atoms with van der Waals surface area (Å²) in [5.74, 6) is 0. The van der Waals surface area contributed by atoms with E-state index in [1.54, 1.807) is 0 Å². The highest BCUT2D eigenvalue weighted by Gasteiger charge is 2.26. The topological polar surface area (TPSA) is 26.3 Å². The van der Waals surface area contributed by atoms with E-state index in [-0.39, 0.29) is 6.10 Å². The second-order valence-corrected chi connectivity index (χ2v) is 3.22. The molecular formula is C11H12O2. The van der Waals surface area contributed by atoms with Crippen LogP contribution in [-0.4, -0.2) is 12.9 Å². The average molecular weight is 176 g/mol. The van der Waals surface area contributed by atoms with Crippen LogP contribution in [0.2, 0.25) is 0 Å². The lowest BCUT2D eigenvalue weighted by Crippen LogP contribution is -2.20. The lowest BCUT2D eigenvalue weighted by atomic mass is 9.84. The van der Waals surface area contributed by atoms with Crippen molar-refractivity contribution in [3.8, 4) is 0 Å². The summed E-state index contributed by atoms with van der Waals surface area (Å²) >= 11 is 0. The molecule has 0 aromatic heterocycles. The van der Waals surface area contributed by atoms with Crippen LogP contribution >= 0.6 is 0 Å². The third kappa shape index (κ3) is 1.38. The fraction of sp³-hybridized carbons (Fsp3) is 0.364. The summed E-state index contributed by atoms with van der Waals surface area (Å²) in [6, 6.07) is 5.78. The first-order valence-electron chi connectivity index (χ1n) is 4.54. The first kappa shape index (κ1) is 8.45. The van der Waals surface area contributed by atoms with Crippen LogP contribution < -0.4 is 0 Å². The van der Waals surface area contributed by atoms with Crippen molar-refractivity contribution in [3.05, 3.63) is 34.9 Å². The predicted octanol–water partition coefficient (Wildman–Crippen LogP) is 2.13. The molecule has 0 heterocycles. The number of ether oxygens (including phenoxy) is 1. The Morgan fingerprint density at radius 2 is 2.46 bits per heavy atom. The zero-order valence-electron chi connectivity index (χ0n) is 7.62. The van der Waals surface area contributed by atoms with E-state index in [0.717, 1.165) is 24.9 Å². The van der Waals surface area contributed by atoms with Crippen molar-refractivity contribution in [2.75, 3.05) is 6.61 Å². The predicted molar refractivity (Wildman–Crippen MR) is 49.9 cm³/mol. The molecule has 0 bridgehead atoms. The molecule has 0 fully saturated rings. The summed E-state index contributed by atoms with van der Waals surface area (Å²) in [6.07, 6.45) is 2.10. The second kappa shape index (κ2) is 3.30. The van der Waals surface area contributed by atoms with Crippen LogP contribution in [0, 0.1) is 0 Å². The van der Waals surface area contributed by atoms with Crippen molar-refractivity contribution < 1.29 is 9.53 Å². The molecule has 0 amide bonds. The third-order valence-electron chi connectivity index (χ3n) is 2.42. The fourth-order valence-electron chi connectivity index (χ4n) is 1.72. The Labute approximate surface area is 77.5 Å². The number of hydrogen-bond acceptors (Lipinski definition) is 2. The molecule has 0 spiro atoms. The highest BCUT2D eigenvalue weighted by Crippen LogP contribution is 2.36. The smallest absolute Gasteiger partial charge is 0.150 e. The molecule has 1 atom stereocenters. The van der Waals surface area contributed by atoms with Gasteiger partial charge in [-0.15, -0.1) is 0 Å². The standard InChI is InChI=1S/C11H12O2/c1-2-13-11-6-9-5-8(7-12)3-4-10(9)11/h3-5,7,11H,2,6H2,1H3. The Morgan fingerprint density at radius 1 is 1.62 bits per heavy atom. The normalized spacial score (nSPS) is 19.0. The van der Waals surface area contributed by atoms with Crippen molar-refractivity contribution >= 4 is 6.29 Å². The van der Waals surface area contributed by atoms with E-state index in [9.17, 15) is 4.79 Å². The highest BCUT2D eigenvalue weighted by atomic mass is 16.5. The lowest BCUT2D eigenvalue weighted by molar-refractivity contribution is 0.0462. The molecule has 2 nitrogen and oxygen atoms in total. The molecule has 1 aliphatic rings. The van der Waals surface area contributed by atoms with Crippen LogP contribution in [0.4, 0.5) is 0 Å². The molecule has 2 rings (SSSR count). The fourth-order valence-corrected chi connectivity index (χ4v) is 1.72. The molecule has 1 unspecified atom stereocenters. The van der Waals surface area contributed by atoms with Gasteiger partial charge in [0.25, 0.3) is 0 Å². The van der Waals surface area contributed by atoms with Crippen LogP contribution in [0.25, 0.3) is 0 Å². The summed E-state index contributed by atoms with van der Waals surface area (Å²) in [5, 5.41) is 0. The third-order valence-corrected chi connectivity index (χ3v) is 2.42. The summed E-state index contributed by atoms with van der Waals surface area (Å²) in [6.45, 7) is 2.75. The van der Waals surface area contributed by atoms with Gasteiger partial charge in [-0.05, 0) is 24.1 Å². The molecule has 0 radical (unpaired) electrons. The minimum Gasteiger partial charge on any atom is -0.373 e. The van der Waals surface area contributed by atoms with Crippen LogP contribution in [-0.2, 0) is 11.2 Å². The average Bonchev–Trinajstić information content (AvgIpc) is 2.14. The zero-order chi connectivity index (χ0) is 9.26. The van der Waals surface area contributed by atoms with Crippen LogP contribution in [0.5, 0.6) is 0 Å². The number of fused-ring (bicyclic) bond motifs is 1. The van der Waals surface area contributed by atoms with Crippen LogP contribution in [0.1, 0.15) is 34.5 Å². The quantitative estimate of drug-likeness (QED) is 0.659. The molecule has 0 aliphatic heterocycles. The van der Waals surface area contributed by atoms with E-state index in [4.69, 9.17) is 4.74 Å². The van der Waals surface area contributed by atoms with Gasteiger partial charge in [0.1, 0.15) is 6.29 Å². The number of rotatable bonds is 3. The molecule has 2 heteroatoms. The van der Waals surface area contributed by atoms with E-state index in [0.29, 0.717) is 0 Å². The van der Waals surface area contributed by atoms with Gasteiger partial charge in [-0.2, -0.15) is 0 Å². The monoisotopic (exact) mass is 176 g/mol. The molecule has 0 saturated heterocycles. The zero-order valence-corrected chi connectivity index (χ0v) is 7.62. The Hall–Kier alpha value is -1.15. The van der Waals surface area contributed by atoms with Gasteiger partial charge in [0.05, 0.1) is 6.10 Å². The highest BCUT2D eigenvalue weighted by molar-refractivity contribution is 5.75. The molecular weight excluding hydrogens is 164 g/mol. The number of carbonyl (C=O) groups excluding carboxylic acids is 1. The van der Waals surface area contributed by atoms with Crippen LogP contribution in [0.15, 0.2) is 18.2 Å². The lowest BCUT2D eigenvalue weighted by Gasteiger charge is -2.29. The summed E-state index contributed by atoms with van der Waals surface area (Å²) in [7, 11) is 0. The van der Waals surface area contributed by atoms with Gasteiger partial charge in [-0.25, -0.2) is 0 Å². The minimum absolute atomic E-state index is 0.265. The van der Waals surface area contributed by atoms with E-state index >= 15 is 0 Å². The van der Waals surface area contributed by atoms with Gasteiger partial charge >= 0.3 is 0 Å². The Bertz CT molecular complexity index is 331. The molecule has 1 aromatic carbocycles. The van der Waals surface area contributed by atoms with Crippen molar-refractivity contribution in [1.82, 2.24) is 0 Å². The van der Waals surface area contributed by atoms with Gasteiger partial charge in [0, 0.05) is 18.6 Å². The first-order valence-corrected chi connectivity index (χ1v) is 4.54. The molecule has 0 saturated carbocycles. The summed E-state index contributed by atoms with van der Waals surface area (Å²) in [5.41, 5.74) is 3.25. The maximum absolute atomic E-state index is 10.5. The van der Waals surface area contributed by atoms with E-state index < -0.39 is 0 Å².